The summed E-state index contributed by atoms with van der Waals surface area (Å²) in [6.45, 7) is 5.16. The number of hydrogen-bond donors (Lipinski definition) is 1. The highest BCUT2D eigenvalue weighted by molar-refractivity contribution is 6.42. The van der Waals surface area contributed by atoms with Crippen LogP contribution in [0.1, 0.15) is 26.7 Å². The lowest BCUT2D eigenvalue weighted by Gasteiger charge is -2.35. The van der Waals surface area contributed by atoms with Crippen molar-refractivity contribution in [2.45, 2.75) is 38.8 Å². The predicted molar refractivity (Wildman–Crippen MR) is 96.8 cm³/mol. The van der Waals surface area contributed by atoms with Crippen LogP contribution < -0.4 is 10.5 Å². The van der Waals surface area contributed by atoms with Gasteiger partial charge in [-0.05, 0) is 44.7 Å². The van der Waals surface area contributed by atoms with E-state index in [0.717, 1.165) is 19.4 Å². The second kappa shape index (κ2) is 8.97. The molecule has 1 saturated heterocycles. The summed E-state index contributed by atoms with van der Waals surface area (Å²) >= 11 is 12.1. The van der Waals surface area contributed by atoms with E-state index in [9.17, 15) is 4.79 Å². The van der Waals surface area contributed by atoms with Crippen molar-refractivity contribution in [3.05, 3.63) is 28.2 Å². The number of nitrogens with zero attached hydrogens (tertiary/aromatic N) is 1. The van der Waals surface area contributed by atoms with Crippen LogP contribution in [0.4, 0.5) is 0 Å². The molecule has 1 aliphatic heterocycles. The molecule has 23 heavy (non-hydrogen) atoms. The molecule has 2 N–H and O–H groups in total. The molecule has 0 radical (unpaired) electrons. The topological polar surface area (TPSA) is 55.6 Å². The second-order valence-electron chi connectivity index (χ2n) is 5.86. The number of amides is 1. The number of carbonyl (C=O) groups excluding carboxylic acids is 1. The van der Waals surface area contributed by atoms with Crippen molar-refractivity contribution in [2.24, 2.45) is 11.7 Å². The van der Waals surface area contributed by atoms with Crippen LogP contribution in [0, 0.1) is 5.92 Å². The van der Waals surface area contributed by atoms with E-state index in [0.29, 0.717) is 28.3 Å². The molecular weight excluding hydrogens is 359 g/mol. The van der Waals surface area contributed by atoms with Gasteiger partial charge in [0.1, 0.15) is 10.8 Å². The Morgan fingerprint density at radius 1 is 1.39 bits per heavy atom. The number of carbonyl (C=O) groups is 1. The van der Waals surface area contributed by atoms with Crippen molar-refractivity contribution < 1.29 is 9.53 Å². The number of rotatable bonds is 4. The monoisotopic (exact) mass is 380 g/mol. The Kier molecular flexibility index (Phi) is 7.95. The summed E-state index contributed by atoms with van der Waals surface area (Å²) in [5.41, 5.74) is 5.96. The van der Waals surface area contributed by atoms with Crippen molar-refractivity contribution in [1.29, 1.82) is 0 Å². The lowest BCUT2D eigenvalue weighted by atomic mass is 9.92. The van der Waals surface area contributed by atoms with Gasteiger partial charge in [-0.15, -0.1) is 12.4 Å². The van der Waals surface area contributed by atoms with Gasteiger partial charge in [-0.1, -0.05) is 29.3 Å². The number of piperidine rings is 1. The number of ether oxygens (including phenoxy) is 1. The lowest BCUT2D eigenvalue weighted by Crippen LogP contribution is -2.48. The largest absolute Gasteiger partial charge is 0.479 e. The second-order valence-corrected chi connectivity index (χ2v) is 6.64. The first-order valence-corrected chi connectivity index (χ1v) is 8.30. The Balaban J connectivity index is 0.00000264. The van der Waals surface area contributed by atoms with E-state index >= 15 is 0 Å². The molecule has 3 unspecified atom stereocenters. The Labute approximate surface area is 153 Å². The van der Waals surface area contributed by atoms with Crippen LogP contribution in [0.15, 0.2) is 18.2 Å². The summed E-state index contributed by atoms with van der Waals surface area (Å²) in [5.74, 6) is 0.733. The number of likely N-dealkylation sites (tertiary alicyclic amines) is 1. The Morgan fingerprint density at radius 2 is 2.09 bits per heavy atom. The number of benzene rings is 1. The highest BCUT2D eigenvalue weighted by Gasteiger charge is 2.29. The molecule has 7 heteroatoms. The molecule has 4 nitrogen and oxygen atoms in total. The average Bonchev–Trinajstić information content (AvgIpc) is 2.51. The van der Waals surface area contributed by atoms with Gasteiger partial charge in [0.05, 0.1) is 5.02 Å². The summed E-state index contributed by atoms with van der Waals surface area (Å²) in [4.78, 5) is 14.4. The van der Waals surface area contributed by atoms with Crippen LogP contribution >= 0.6 is 35.6 Å². The van der Waals surface area contributed by atoms with Crippen molar-refractivity contribution in [3.63, 3.8) is 0 Å². The molecule has 0 aliphatic carbocycles. The van der Waals surface area contributed by atoms with Gasteiger partial charge in [0.15, 0.2) is 6.10 Å². The number of nitrogens with two attached hydrogens (primary N) is 1. The molecular formula is C16H23Cl3N2O2. The fourth-order valence-electron chi connectivity index (χ4n) is 2.71. The zero-order valence-corrected chi connectivity index (χ0v) is 15.6. The lowest BCUT2D eigenvalue weighted by molar-refractivity contribution is -0.139. The Hall–Kier alpha value is -0.680. The van der Waals surface area contributed by atoms with Gasteiger partial charge in [0.2, 0.25) is 0 Å². The highest BCUT2D eigenvalue weighted by atomic mass is 35.5. The molecule has 1 aromatic rings. The van der Waals surface area contributed by atoms with Crippen LogP contribution in [0.2, 0.25) is 10.0 Å². The minimum atomic E-state index is -0.609. The fourth-order valence-corrected chi connectivity index (χ4v) is 3.05. The molecule has 130 valence electrons. The summed E-state index contributed by atoms with van der Waals surface area (Å²) in [7, 11) is 0. The smallest absolute Gasteiger partial charge is 0.263 e. The fraction of sp³-hybridized carbons (Fsp3) is 0.562. The van der Waals surface area contributed by atoms with E-state index < -0.39 is 6.10 Å². The van der Waals surface area contributed by atoms with Crippen LogP contribution in [0.3, 0.4) is 0 Å². The molecule has 0 saturated carbocycles. The summed E-state index contributed by atoms with van der Waals surface area (Å²) < 4.78 is 5.70. The molecule has 0 spiro atoms. The third kappa shape index (κ3) is 5.15. The van der Waals surface area contributed by atoms with Crippen LogP contribution in [0.25, 0.3) is 0 Å². The predicted octanol–water partition coefficient (Wildman–Crippen LogP) is 3.77. The maximum atomic E-state index is 12.6. The van der Waals surface area contributed by atoms with Crippen molar-refractivity contribution in [1.82, 2.24) is 4.90 Å². The van der Waals surface area contributed by atoms with Crippen LogP contribution in [-0.2, 0) is 4.79 Å². The summed E-state index contributed by atoms with van der Waals surface area (Å²) in [6, 6.07) is 5.22. The zero-order chi connectivity index (χ0) is 16.3. The van der Waals surface area contributed by atoms with Crippen LogP contribution in [0.5, 0.6) is 5.75 Å². The van der Waals surface area contributed by atoms with Crippen molar-refractivity contribution in [3.8, 4) is 5.75 Å². The maximum Gasteiger partial charge on any atom is 0.263 e. The maximum absolute atomic E-state index is 12.6. The van der Waals surface area contributed by atoms with Gasteiger partial charge in [-0.25, -0.2) is 0 Å². The van der Waals surface area contributed by atoms with Gasteiger partial charge in [-0.3, -0.25) is 4.79 Å². The standard InChI is InChI=1S/C16H22Cl2N2O2.ClH/c1-10(19)12-5-4-8-20(9-12)16(21)11(2)22-14-7-3-6-13(17)15(14)18;/h3,6-7,10-12H,4-5,8-9,19H2,1-2H3;1H. The zero-order valence-electron chi connectivity index (χ0n) is 13.3. The summed E-state index contributed by atoms with van der Waals surface area (Å²) in [5, 5.41) is 0.740. The minimum absolute atomic E-state index is 0. The molecule has 1 aromatic carbocycles. The first-order valence-electron chi connectivity index (χ1n) is 7.55. The molecule has 1 amide bonds. The number of hydrogen-bond acceptors (Lipinski definition) is 3. The Morgan fingerprint density at radius 3 is 2.74 bits per heavy atom. The van der Waals surface area contributed by atoms with E-state index in [1.54, 1.807) is 25.1 Å². The van der Waals surface area contributed by atoms with Crippen molar-refractivity contribution >= 4 is 41.5 Å². The van der Waals surface area contributed by atoms with Gasteiger partial charge in [-0.2, -0.15) is 0 Å². The molecule has 0 bridgehead atoms. The van der Waals surface area contributed by atoms with E-state index in [4.69, 9.17) is 33.7 Å². The molecule has 1 aliphatic rings. The molecule has 2 rings (SSSR count). The average molecular weight is 382 g/mol. The van der Waals surface area contributed by atoms with E-state index in [2.05, 4.69) is 0 Å². The molecule has 1 fully saturated rings. The molecule has 0 aromatic heterocycles. The van der Waals surface area contributed by atoms with Crippen LogP contribution in [-0.4, -0.2) is 36.0 Å². The van der Waals surface area contributed by atoms with Gasteiger partial charge < -0.3 is 15.4 Å². The molecule has 3 atom stereocenters. The van der Waals surface area contributed by atoms with Gasteiger partial charge in [0, 0.05) is 19.1 Å². The quantitative estimate of drug-likeness (QED) is 0.863. The SMILES string of the molecule is CC(Oc1cccc(Cl)c1Cl)C(=O)N1CCCC(C(C)N)C1.Cl. The molecule has 1 heterocycles. The van der Waals surface area contributed by atoms with Crippen molar-refractivity contribution in [2.75, 3.05) is 13.1 Å². The third-order valence-corrected chi connectivity index (χ3v) is 4.88. The van der Waals surface area contributed by atoms with E-state index in [-0.39, 0.29) is 24.4 Å². The number of halogens is 3. The van der Waals surface area contributed by atoms with Gasteiger partial charge in [0.25, 0.3) is 5.91 Å². The normalized spacial score (nSPS) is 20.4. The van der Waals surface area contributed by atoms with Gasteiger partial charge >= 0.3 is 0 Å². The Bertz CT molecular complexity index is 540. The minimum Gasteiger partial charge on any atom is -0.479 e. The van der Waals surface area contributed by atoms with E-state index in [1.807, 2.05) is 11.8 Å². The summed E-state index contributed by atoms with van der Waals surface area (Å²) in [6.07, 6.45) is 1.43. The van der Waals surface area contributed by atoms with E-state index in [1.165, 1.54) is 0 Å². The first-order chi connectivity index (χ1) is 10.4. The highest BCUT2D eigenvalue weighted by Crippen LogP contribution is 2.32. The first kappa shape index (κ1) is 20.4. The third-order valence-electron chi connectivity index (χ3n) is 4.08.